The average molecular weight is 505 g/mol. The fourth-order valence-corrected chi connectivity index (χ4v) is 3.15. The summed E-state index contributed by atoms with van der Waals surface area (Å²) < 4.78 is 15.6. The third-order valence-corrected chi connectivity index (χ3v) is 5.05. The van der Waals surface area contributed by atoms with Gasteiger partial charge in [-0.2, -0.15) is 5.26 Å². The van der Waals surface area contributed by atoms with Gasteiger partial charge in [-0.15, -0.1) is 0 Å². The molecule has 0 saturated carbocycles. The van der Waals surface area contributed by atoms with E-state index in [4.69, 9.17) is 25.8 Å². The molecular formula is C27H21ClN2O6. The van der Waals surface area contributed by atoms with Crippen LogP contribution in [0.1, 0.15) is 33.2 Å². The summed E-state index contributed by atoms with van der Waals surface area (Å²) in [5, 5.41) is 12.6. The Hall–Kier alpha value is -4.61. The quantitative estimate of drug-likeness (QED) is 0.192. The highest BCUT2D eigenvalue weighted by molar-refractivity contribution is 6.30. The first-order chi connectivity index (χ1) is 17.3. The predicted octanol–water partition coefficient (Wildman–Crippen LogP) is 5.29. The number of ether oxygens (including phenoxy) is 3. The smallest absolute Gasteiger partial charge is 0.343 e. The van der Waals surface area contributed by atoms with E-state index in [9.17, 15) is 19.6 Å². The normalized spacial score (nSPS) is 10.7. The van der Waals surface area contributed by atoms with E-state index in [0.29, 0.717) is 27.4 Å². The van der Waals surface area contributed by atoms with Crippen molar-refractivity contribution < 1.29 is 28.6 Å². The Morgan fingerprint density at radius 1 is 0.944 bits per heavy atom. The second-order valence-corrected chi connectivity index (χ2v) is 7.66. The van der Waals surface area contributed by atoms with E-state index in [0.717, 1.165) is 0 Å². The minimum atomic E-state index is -0.640. The molecule has 9 heteroatoms. The van der Waals surface area contributed by atoms with E-state index in [1.807, 2.05) is 6.07 Å². The molecule has 0 fully saturated rings. The Labute approximate surface area is 212 Å². The van der Waals surface area contributed by atoms with Gasteiger partial charge in [0.2, 0.25) is 0 Å². The first kappa shape index (κ1) is 26.0. The van der Waals surface area contributed by atoms with Crippen LogP contribution in [0.4, 0.5) is 5.69 Å². The lowest BCUT2D eigenvalue weighted by molar-refractivity contribution is -0.112. The van der Waals surface area contributed by atoms with Crippen molar-refractivity contribution >= 4 is 41.2 Å². The Balaban J connectivity index is 1.74. The summed E-state index contributed by atoms with van der Waals surface area (Å²) in [4.78, 5) is 36.8. The molecule has 1 amide bonds. The molecule has 8 nitrogen and oxygen atoms in total. The molecule has 0 aliphatic rings. The van der Waals surface area contributed by atoms with Gasteiger partial charge in [0.15, 0.2) is 11.5 Å². The summed E-state index contributed by atoms with van der Waals surface area (Å²) >= 11 is 5.84. The van der Waals surface area contributed by atoms with Crippen molar-refractivity contribution in [2.24, 2.45) is 0 Å². The van der Waals surface area contributed by atoms with E-state index < -0.39 is 17.8 Å². The number of carbonyl (C=O) groups excluding carboxylic acids is 3. The molecule has 0 atom stereocenters. The molecule has 0 saturated heterocycles. The zero-order valence-electron chi connectivity index (χ0n) is 19.4. The number of hydrogen-bond donors (Lipinski definition) is 1. The molecule has 36 heavy (non-hydrogen) atoms. The maximum atomic E-state index is 12.6. The molecule has 3 aromatic carbocycles. The van der Waals surface area contributed by atoms with E-state index >= 15 is 0 Å². The van der Waals surface area contributed by atoms with Gasteiger partial charge in [-0.3, -0.25) is 4.79 Å². The van der Waals surface area contributed by atoms with Gasteiger partial charge < -0.3 is 19.5 Å². The lowest BCUT2D eigenvalue weighted by atomic mass is 10.1. The lowest BCUT2D eigenvalue weighted by Gasteiger charge is -2.10. The molecule has 0 bridgehead atoms. The van der Waals surface area contributed by atoms with Crippen molar-refractivity contribution in [3.05, 3.63) is 94.0 Å². The topological polar surface area (TPSA) is 115 Å². The van der Waals surface area contributed by atoms with Crippen LogP contribution >= 0.6 is 11.6 Å². The van der Waals surface area contributed by atoms with Crippen molar-refractivity contribution in [3.8, 4) is 17.6 Å². The minimum absolute atomic E-state index is 0.166. The number of carbonyl (C=O) groups is 3. The van der Waals surface area contributed by atoms with E-state index in [-0.39, 0.29) is 23.7 Å². The number of amides is 1. The number of anilines is 1. The van der Waals surface area contributed by atoms with E-state index in [1.165, 1.54) is 61.7 Å². The number of rotatable bonds is 8. The SMILES string of the molecule is CCOC(=O)c1ccc(NC(=O)/C(C#N)=C/c2ccc(OC(=O)c3ccc(Cl)cc3)c(OC)c2)cc1. The number of esters is 2. The average Bonchev–Trinajstić information content (AvgIpc) is 2.88. The van der Waals surface area contributed by atoms with Crippen molar-refractivity contribution in [3.63, 3.8) is 0 Å². The summed E-state index contributed by atoms with van der Waals surface area (Å²) in [5.41, 5.74) is 1.36. The molecule has 3 rings (SSSR count). The zero-order valence-corrected chi connectivity index (χ0v) is 20.2. The first-order valence-corrected chi connectivity index (χ1v) is 11.1. The zero-order chi connectivity index (χ0) is 26.1. The van der Waals surface area contributed by atoms with Crippen molar-refractivity contribution in [1.29, 1.82) is 5.26 Å². The largest absolute Gasteiger partial charge is 0.493 e. The van der Waals surface area contributed by atoms with Crippen LogP contribution in [0.25, 0.3) is 6.08 Å². The predicted molar refractivity (Wildman–Crippen MR) is 134 cm³/mol. The van der Waals surface area contributed by atoms with Crippen molar-refractivity contribution in [2.45, 2.75) is 6.92 Å². The summed E-state index contributed by atoms with van der Waals surface area (Å²) in [5.74, 6) is -1.31. The first-order valence-electron chi connectivity index (χ1n) is 10.7. The van der Waals surface area contributed by atoms with Crippen molar-refractivity contribution in [2.75, 3.05) is 19.0 Å². The summed E-state index contributed by atoms with van der Waals surface area (Å²) in [6.45, 7) is 1.96. The molecule has 3 aromatic rings. The molecule has 0 aliphatic carbocycles. The Morgan fingerprint density at radius 3 is 2.19 bits per heavy atom. The van der Waals surface area contributed by atoms with Crippen LogP contribution < -0.4 is 14.8 Å². The number of methoxy groups -OCH3 is 1. The van der Waals surface area contributed by atoms with Crippen LogP contribution in [0.3, 0.4) is 0 Å². The second kappa shape index (κ2) is 12.2. The molecule has 0 spiro atoms. The van der Waals surface area contributed by atoms with Gasteiger partial charge in [-0.1, -0.05) is 17.7 Å². The van der Waals surface area contributed by atoms with Crippen LogP contribution in [-0.2, 0) is 9.53 Å². The second-order valence-electron chi connectivity index (χ2n) is 7.23. The number of halogens is 1. The van der Waals surface area contributed by atoms with E-state index in [2.05, 4.69) is 5.32 Å². The maximum Gasteiger partial charge on any atom is 0.343 e. The fraction of sp³-hybridized carbons (Fsp3) is 0.111. The van der Waals surface area contributed by atoms with Gasteiger partial charge in [-0.25, -0.2) is 9.59 Å². The van der Waals surface area contributed by atoms with Crippen LogP contribution in [-0.4, -0.2) is 31.6 Å². The van der Waals surface area contributed by atoms with Crippen LogP contribution in [0.2, 0.25) is 5.02 Å². The van der Waals surface area contributed by atoms with Crippen LogP contribution in [0.15, 0.2) is 72.3 Å². The third kappa shape index (κ3) is 6.72. The summed E-state index contributed by atoms with van der Waals surface area (Å²) in [7, 11) is 1.40. The highest BCUT2D eigenvalue weighted by atomic mass is 35.5. The Bertz CT molecular complexity index is 1340. The monoisotopic (exact) mass is 504 g/mol. The maximum absolute atomic E-state index is 12.6. The molecule has 1 N–H and O–H groups in total. The van der Waals surface area contributed by atoms with Crippen LogP contribution in [0.5, 0.6) is 11.5 Å². The molecule has 0 aromatic heterocycles. The molecule has 0 radical (unpaired) electrons. The highest BCUT2D eigenvalue weighted by Gasteiger charge is 2.15. The number of nitriles is 1. The molecule has 0 heterocycles. The van der Waals surface area contributed by atoms with Gasteiger partial charge in [0.05, 0.1) is 24.8 Å². The van der Waals surface area contributed by atoms with Gasteiger partial charge in [0.1, 0.15) is 11.6 Å². The van der Waals surface area contributed by atoms with Crippen molar-refractivity contribution in [1.82, 2.24) is 0 Å². The lowest BCUT2D eigenvalue weighted by Crippen LogP contribution is -2.13. The Kier molecular flexibility index (Phi) is 8.81. The number of nitrogens with zero attached hydrogens (tertiary/aromatic N) is 1. The molecule has 0 unspecified atom stereocenters. The minimum Gasteiger partial charge on any atom is -0.493 e. The van der Waals surface area contributed by atoms with Gasteiger partial charge in [-0.05, 0) is 79.2 Å². The van der Waals surface area contributed by atoms with Gasteiger partial charge in [0, 0.05) is 10.7 Å². The standard InChI is InChI=1S/C27H21ClN2O6/c1-3-35-26(32)18-7-11-22(12-8-18)30-25(31)20(16-29)14-17-4-13-23(24(15-17)34-2)36-27(33)19-5-9-21(28)10-6-19/h4-15H,3H2,1-2H3,(H,30,31)/b20-14+. The Morgan fingerprint density at radius 2 is 1.58 bits per heavy atom. The summed E-state index contributed by atoms with van der Waals surface area (Å²) in [6.07, 6.45) is 1.37. The third-order valence-electron chi connectivity index (χ3n) is 4.80. The number of benzene rings is 3. The van der Waals surface area contributed by atoms with Gasteiger partial charge >= 0.3 is 11.9 Å². The van der Waals surface area contributed by atoms with Crippen LogP contribution in [0, 0.1) is 11.3 Å². The number of hydrogen-bond acceptors (Lipinski definition) is 7. The summed E-state index contributed by atoms with van der Waals surface area (Å²) in [6, 6.07) is 18.8. The molecular weight excluding hydrogens is 484 g/mol. The fourth-order valence-electron chi connectivity index (χ4n) is 3.02. The number of nitrogens with one attached hydrogen (secondary N) is 1. The molecule has 0 aliphatic heterocycles. The molecule has 182 valence electrons. The van der Waals surface area contributed by atoms with E-state index in [1.54, 1.807) is 25.1 Å². The van der Waals surface area contributed by atoms with Gasteiger partial charge in [0.25, 0.3) is 5.91 Å². The highest BCUT2D eigenvalue weighted by Crippen LogP contribution is 2.30.